The summed E-state index contributed by atoms with van der Waals surface area (Å²) in [6.45, 7) is 0. The molecule has 370 valence electrons. The van der Waals surface area contributed by atoms with E-state index in [1.807, 2.05) is 6.07 Å². The predicted octanol–water partition coefficient (Wildman–Crippen LogP) is 19.1. The van der Waals surface area contributed by atoms with Gasteiger partial charge in [-0.05, 0) is 135 Å². The Bertz CT molecular complexity index is 4990. The first-order chi connectivity index (χ1) is 39.7. The molecule has 0 radical (unpaired) electrons. The van der Waals surface area contributed by atoms with Crippen molar-refractivity contribution in [1.82, 2.24) is 19.5 Å². The molecule has 0 saturated heterocycles. The zero-order valence-electron chi connectivity index (χ0n) is 43.3. The third-order valence-electron chi connectivity index (χ3n) is 17.2. The van der Waals surface area contributed by atoms with Crippen molar-refractivity contribution in [1.29, 1.82) is 0 Å². The molecular weight excluding hydrogens is 969 g/mol. The predicted molar refractivity (Wildman–Crippen MR) is 330 cm³/mol. The second kappa shape index (κ2) is 17.2. The average molecular weight is 1020 g/mol. The number of hydrogen-bond acceptors (Lipinski definition) is 3. The highest BCUT2D eigenvalue weighted by molar-refractivity contribution is 6.26. The lowest BCUT2D eigenvalue weighted by molar-refractivity contribution is 0.794. The lowest BCUT2D eigenvalue weighted by Gasteiger charge is -2.30. The molecule has 0 fully saturated rings. The second-order valence-corrected chi connectivity index (χ2v) is 21.4. The van der Waals surface area contributed by atoms with Crippen LogP contribution in [0.3, 0.4) is 0 Å². The molecule has 2 aromatic heterocycles. The minimum atomic E-state index is -0.517. The molecule has 0 saturated carbocycles. The van der Waals surface area contributed by atoms with Gasteiger partial charge < -0.3 is 4.57 Å². The van der Waals surface area contributed by atoms with Gasteiger partial charge in [-0.3, -0.25) is 0 Å². The van der Waals surface area contributed by atoms with E-state index < -0.39 is 5.41 Å². The molecule has 0 bridgehead atoms. The Kier molecular flexibility index (Phi) is 9.60. The molecule has 17 rings (SSSR count). The smallest absolute Gasteiger partial charge is 0.164 e. The Labute approximate surface area is 462 Å². The first kappa shape index (κ1) is 44.6. The van der Waals surface area contributed by atoms with Crippen molar-refractivity contribution in [2.45, 2.75) is 5.41 Å². The maximum atomic E-state index is 5.68. The van der Waals surface area contributed by atoms with E-state index in [-0.39, 0.29) is 0 Å². The SMILES string of the molecule is c1ccc(-c2ccc3c4ccccc4n(-c4cc(-c5ccc6c7ccccc7c7ccccc7c6c5)cc(-c5nc(-c6ccccc6)nc(-c6cccc7c6-c6ccccc6C76c7ccccc7-c7ccccc76)n5)c4)c3c2)cc1. The van der Waals surface area contributed by atoms with E-state index in [0.29, 0.717) is 17.5 Å². The van der Waals surface area contributed by atoms with E-state index >= 15 is 0 Å². The Morgan fingerprint density at radius 2 is 0.688 bits per heavy atom. The maximum absolute atomic E-state index is 5.68. The molecule has 0 N–H and O–H groups in total. The van der Waals surface area contributed by atoms with Crippen LogP contribution >= 0.6 is 0 Å². The molecule has 4 heteroatoms. The summed E-state index contributed by atoms with van der Waals surface area (Å²) in [6.07, 6.45) is 0. The average Bonchev–Trinajstić information content (AvgIpc) is 3.15. The van der Waals surface area contributed by atoms with Gasteiger partial charge >= 0.3 is 0 Å². The topological polar surface area (TPSA) is 43.6 Å². The van der Waals surface area contributed by atoms with Crippen molar-refractivity contribution in [3.63, 3.8) is 0 Å². The summed E-state index contributed by atoms with van der Waals surface area (Å²) >= 11 is 0. The van der Waals surface area contributed by atoms with Gasteiger partial charge in [0.15, 0.2) is 17.5 Å². The second-order valence-electron chi connectivity index (χ2n) is 21.4. The number of benzene rings is 13. The molecule has 80 heavy (non-hydrogen) atoms. The third-order valence-corrected chi connectivity index (χ3v) is 17.2. The fourth-order valence-electron chi connectivity index (χ4n) is 13.9. The van der Waals surface area contributed by atoms with Gasteiger partial charge in [0.1, 0.15) is 0 Å². The van der Waals surface area contributed by atoms with E-state index in [1.165, 1.54) is 87.6 Å². The summed E-state index contributed by atoms with van der Waals surface area (Å²) in [5, 5.41) is 9.80. The summed E-state index contributed by atoms with van der Waals surface area (Å²) in [6, 6.07) is 102. The van der Waals surface area contributed by atoms with Crippen LogP contribution in [0.2, 0.25) is 0 Å². The molecule has 0 atom stereocenters. The standard InChI is InChI=1S/C76H46N4/c1-3-20-47(21-4-1)50-39-41-62-61-30-14-18-37-70(61)80(71(62)46-50)53-43-51(49-38-40-58-56-26-8-7-24-54(56)55-25-9-10-27-57(55)65(58)45-49)42-52(44-53)74-77-73(48-22-5-2-6-23-48)78-75(79-74)64-32-19-36-69-72(64)63-31-13-17-35-68(63)76(69)66-33-15-11-28-59(66)60-29-12-16-34-67(60)76/h1-46H. The summed E-state index contributed by atoms with van der Waals surface area (Å²) < 4.78 is 2.44. The van der Waals surface area contributed by atoms with Gasteiger partial charge in [-0.1, -0.05) is 243 Å². The van der Waals surface area contributed by atoms with E-state index in [9.17, 15) is 0 Å². The van der Waals surface area contributed by atoms with Crippen LogP contribution in [0.4, 0.5) is 0 Å². The van der Waals surface area contributed by atoms with E-state index in [2.05, 4.69) is 278 Å². The molecule has 0 amide bonds. The first-order valence-electron chi connectivity index (χ1n) is 27.5. The summed E-state index contributed by atoms with van der Waals surface area (Å²) in [7, 11) is 0. The fraction of sp³-hybridized carbons (Fsp3) is 0.0132. The highest BCUT2D eigenvalue weighted by Crippen LogP contribution is 2.64. The Hall–Kier alpha value is -10.6. The van der Waals surface area contributed by atoms with Crippen LogP contribution in [-0.4, -0.2) is 19.5 Å². The van der Waals surface area contributed by atoms with Crippen LogP contribution in [0.15, 0.2) is 279 Å². The van der Waals surface area contributed by atoms with Gasteiger partial charge in [0.25, 0.3) is 0 Å². The summed E-state index contributed by atoms with van der Waals surface area (Å²) in [5.41, 5.74) is 20.0. The molecule has 2 aliphatic carbocycles. The molecule has 13 aromatic carbocycles. The highest BCUT2D eigenvalue weighted by Gasteiger charge is 2.52. The fourth-order valence-corrected chi connectivity index (χ4v) is 13.9. The molecule has 0 unspecified atom stereocenters. The number of para-hydroxylation sites is 1. The largest absolute Gasteiger partial charge is 0.309 e. The minimum Gasteiger partial charge on any atom is -0.309 e. The van der Waals surface area contributed by atoms with E-state index in [0.717, 1.165) is 55.7 Å². The number of aromatic nitrogens is 4. The lowest BCUT2D eigenvalue weighted by Crippen LogP contribution is -2.25. The zero-order chi connectivity index (χ0) is 52.5. The molecule has 2 heterocycles. The van der Waals surface area contributed by atoms with Crippen molar-refractivity contribution in [3.05, 3.63) is 301 Å². The van der Waals surface area contributed by atoms with Crippen LogP contribution in [0.1, 0.15) is 22.3 Å². The van der Waals surface area contributed by atoms with E-state index in [1.54, 1.807) is 0 Å². The van der Waals surface area contributed by atoms with Gasteiger partial charge in [0.05, 0.1) is 16.4 Å². The molecule has 15 aromatic rings. The molecule has 4 nitrogen and oxygen atoms in total. The molecule has 0 aliphatic heterocycles. The number of fused-ring (bicyclic) bond motifs is 19. The van der Waals surface area contributed by atoms with Gasteiger partial charge in [-0.2, -0.15) is 0 Å². The number of hydrogen-bond donors (Lipinski definition) is 0. The maximum Gasteiger partial charge on any atom is 0.164 e. The Morgan fingerprint density at radius 3 is 1.36 bits per heavy atom. The highest BCUT2D eigenvalue weighted by atomic mass is 15.0. The molecule has 1 spiro atoms. The van der Waals surface area contributed by atoms with Crippen molar-refractivity contribution < 1.29 is 0 Å². The Balaban J connectivity index is 0.943. The van der Waals surface area contributed by atoms with Crippen LogP contribution in [-0.2, 0) is 5.41 Å². The third kappa shape index (κ3) is 6.42. The van der Waals surface area contributed by atoms with Gasteiger partial charge in [0.2, 0.25) is 0 Å². The normalized spacial score (nSPS) is 12.8. The Morgan fingerprint density at radius 1 is 0.237 bits per heavy atom. The molecule has 2 aliphatic rings. The van der Waals surface area contributed by atoms with Gasteiger partial charge in [-0.15, -0.1) is 0 Å². The van der Waals surface area contributed by atoms with Crippen molar-refractivity contribution >= 4 is 54.1 Å². The quantitative estimate of drug-likeness (QED) is 0.156. The minimum absolute atomic E-state index is 0.517. The monoisotopic (exact) mass is 1010 g/mol. The van der Waals surface area contributed by atoms with Crippen LogP contribution in [0.5, 0.6) is 0 Å². The van der Waals surface area contributed by atoms with E-state index in [4.69, 9.17) is 15.0 Å². The summed E-state index contributed by atoms with van der Waals surface area (Å²) in [4.78, 5) is 16.7. The lowest BCUT2D eigenvalue weighted by atomic mass is 9.70. The van der Waals surface area contributed by atoms with Crippen molar-refractivity contribution in [2.75, 3.05) is 0 Å². The molecular formula is C76H46N4. The van der Waals surface area contributed by atoms with Crippen LogP contribution in [0, 0.1) is 0 Å². The number of rotatable bonds is 6. The van der Waals surface area contributed by atoms with Crippen LogP contribution < -0.4 is 0 Å². The summed E-state index contributed by atoms with van der Waals surface area (Å²) in [5.74, 6) is 1.83. The van der Waals surface area contributed by atoms with Gasteiger partial charge in [-0.25, -0.2) is 15.0 Å². The first-order valence-corrected chi connectivity index (χ1v) is 27.5. The zero-order valence-corrected chi connectivity index (χ0v) is 43.3. The van der Waals surface area contributed by atoms with Crippen molar-refractivity contribution in [2.24, 2.45) is 0 Å². The number of nitrogens with zero attached hydrogens (tertiary/aromatic N) is 4. The van der Waals surface area contributed by atoms with Crippen LogP contribution in [0.25, 0.3) is 138 Å². The van der Waals surface area contributed by atoms with Gasteiger partial charge in [0, 0.05) is 33.2 Å². The van der Waals surface area contributed by atoms with Crippen molar-refractivity contribution in [3.8, 4) is 84.4 Å².